The smallest absolute Gasteiger partial charge is 0.253 e. The molecule has 20 heavy (non-hydrogen) atoms. The Hall–Kier alpha value is -1.01. The Balaban J connectivity index is 1.89. The standard InChI is InChI=1S/C14H22N2O3S/c1-3-10(4-2)12-7-11(19-16-12)8-15-13(17)14(18)5-6-20-9-14/h7,10,18H,3-6,8-9H2,1-2H3,(H,15,17). The summed E-state index contributed by atoms with van der Waals surface area (Å²) in [5.74, 6) is 2.01. The lowest BCUT2D eigenvalue weighted by Crippen LogP contribution is -2.46. The molecule has 112 valence electrons. The van der Waals surface area contributed by atoms with Crippen LogP contribution in [0.3, 0.4) is 0 Å². The van der Waals surface area contributed by atoms with E-state index in [0.29, 0.717) is 23.9 Å². The Kier molecular flexibility index (Phi) is 5.10. The van der Waals surface area contributed by atoms with Crippen LogP contribution in [0.5, 0.6) is 0 Å². The van der Waals surface area contributed by atoms with E-state index in [0.717, 1.165) is 24.3 Å². The van der Waals surface area contributed by atoms with Gasteiger partial charge in [-0.3, -0.25) is 4.79 Å². The summed E-state index contributed by atoms with van der Waals surface area (Å²) in [4.78, 5) is 12.0. The first-order valence-electron chi connectivity index (χ1n) is 7.13. The molecule has 2 heterocycles. The second-order valence-corrected chi connectivity index (χ2v) is 6.35. The van der Waals surface area contributed by atoms with Gasteiger partial charge in [0.15, 0.2) is 11.4 Å². The van der Waals surface area contributed by atoms with Crippen molar-refractivity contribution in [3.05, 3.63) is 17.5 Å². The molecule has 0 radical (unpaired) electrons. The van der Waals surface area contributed by atoms with E-state index in [1.165, 1.54) is 0 Å². The van der Waals surface area contributed by atoms with E-state index in [-0.39, 0.29) is 12.5 Å². The molecular formula is C14H22N2O3S. The second kappa shape index (κ2) is 6.63. The van der Waals surface area contributed by atoms with Crippen molar-refractivity contribution in [2.45, 2.75) is 51.2 Å². The number of aliphatic hydroxyl groups is 1. The van der Waals surface area contributed by atoms with Crippen molar-refractivity contribution in [1.82, 2.24) is 10.5 Å². The summed E-state index contributed by atoms with van der Waals surface area (Å²) in [6.07, 6.45) is 2.55. The minimum absolute atomic E-state index is 0.277. The number of carbonyl (C=O) groups excluding carboxylic acids is 1. The highest BCUT2D eigenvalue weighted by atomic mass is 32.2. The molecule has 1 aromatic heterocycles. The molecule has 1 aliphatic heterocycles. The largest absolute Gasteiger partial charge is 0.379 e. The van der Waals surface area contributed by atoms with Gasteiger partial charge >= 0.3 is 0 Å². The van der Waals surface area contributed by atoms with Crippen LogP contribution in [0, 0.1) is 0 Å². The summed E-state index contributed by atoms with van der Waals surface area (Å²) < 4.78 is 5.24. The maximum atomic E-state index is 12.0. The zero-order chi connectivity index (χ0) is 14.6. The fraction of sp³-hybridized carbons (Fsp3) is 0.714. The van der Waals surface area contributed by atoms with Gasteiger partial charge in [0.2, 0.25) is 0 Å². The minimum Gasteiger partial charge on any atom is -0.379 e. The average Bonchev–Trinajstić information content (AvgIpc) is 3.08. The van der Waals surface area contributed by atoms with Crippen molar-refractivity contribution >= 4 is 17.7 Å². The lowest BCUT2D eigenvalue weighted by molar-refractivity contribution is -0.137. The maximum Gasteiger partial charge on any atom is 0.253 e. The van der Waals surface area contributed by atoms with Gasteiger partial charge in [-0.2, -0.15) is 11.8 Å². The lowest BCUT2D eigenvalue weighted by Gasteiger charge is -2.19. The van der Waals surface area contributed by atoms with Crippen LogP contribution in [-0.4, -0.2) is 33.3 Å². The van der Waals surface area contributed by atoms with E-state index in [9.17, 15) is 9.90 Å². The quantitative estimate of drug-likeness (QED) is 0.841. The third-order valence-electron chi connectivity index (χ3n) is 3.83. The van der Waals surface area contributed by atoms with Crippen molar-refractivity contribution < 1.29 is 14.4 Å². The first kappa shape index (κ1) is 15.4. The third kappa shape index (κ3) is 3.35. The minimum atomic E-state index is -1.22. The molecule has 1 aliphatic rings. The van der Waals surface area contributed by atoms with Crippen LogP contribution < -0.4 is 5.32 Å². The molecular weight excluding hydrogens is 276 g/mol. The van der Waals surface area contributed by atoms with Gasteiger partial charge < -0.3 is 14.9 Å². The predicted molar refractivity (Wildman–Crippen MR) is 78.6 cm³/mol. The van der Waals surface area contributed by atoms with Gasteiger partial charge in [0, 0.05) is 17.7 Å². The molecule has 0 spiro atoms. The molecule has 0 aliphatic carbocycles. The van der Waals surface area contributed by atoms with Crippen LogP contribution in [0.1, 0.15) is 50.5 Å². The first-order chi connectivity index (χ1) is 9.59. The molecule has 0 aromatic carbocycles. The van der Waals surface area contributed by atoms with Gasteiger partial charge in [0.1, 0.15) is 0 Å². The molecule has 1 fully saturated rings. The number of hydrogen-bond acceptors (Lipinski definition) is 5. The van der Waals surface area contributed by atoms with Crippen molar-refractivity contribution in [1.29, 1.82) is 0 Å². The van der Waals surface area contributed by atoms with E-state index in [1.807, 2.05) is 6.07 Å². The molecule has 6 heteroatoms. The first-order valence-corrected chi connectivity index (χ1v) is 8.28. The molecule has 1 atom stereocenters. The Labute approximate surface area is 123 Å². The number of thioether (sulfide) groups is 1. The monoisotopic (exact) mass is 298 g/mol. The summed E-state index contributed by atoms with van der Waals surface area (Å²) in [5, 5.41) is 16.9. The van der Waals surface area contributed by atoms with Gasteiger partial charge in [-0.15, -0.1) is 0 Å². The zero-order valence-electron chi connectivity index (χ0n) is 12.0. The fourth-order valence-corrected chi connectivity index (χ4v) is 3.62. The predicted octanol–water partition coefficient (Wildman–Crippen LogP) is 2.06. The molecule has 5 nitrogen and oxygen atoms in total. The summed E-state index contributed by atoms with van der Waals surface area (Å²) in [6.45, 7) is 4.52. The van der Waals surface area contributed by atoms with Gasteiger partial charge in [0.05, 0.1) is 12.2 Å². The number of nitrogens with zero attached hydrogens (tertiary/aromatic N) is 1. The van der Waals surface area contributed by atoms with Gasteiger partial charge in [0.25, 0.3) is 5.91 Å². The highest BCUT2D eigenvalue weighted by molar-refractivity contribution is 7.99. The topological polar surface area (TPSA) is 75.4 Å². The Morgan fingerprint density at radius 3 is 2.95 bits per heavy atom. The van der Waals surface area contributed by atoms with E-state index < -0.39 is 5.60 Å². The molecule has 1 amide bonds. The second-order valence-electron chi connectivity index (χ2n) is 5.25. The highest BCUT2D eigenvalue weighted by Crippen LogP contribution is 2.28. The molecule has 2 N–H and O–H groups in total. The van der Waals surface area contributed by atoms with Crippen LogP contribution >= 0.6 is 11.8 Å². The van der Waals surface area contributed by atoms with Crippen molar-refractivity contribution in [2.24, 2.45) is 0 Å². The van der Waals surface area contributed by atoms with Crippen LogP contribution in [-0.2, 0) is 11.3 Å². The molecule has 2 rings (SSSR count). The van der Waals surface area contributed by atoms with E-state index in [4.69, 9.17) is 4.52 Å². The van der Waals surface area contributed by atoms with Crippen molar-refractivity contribution in [2.75, 3.05) is 11.5 Å². The van der Waals surface area contributed by atoms with E-state index in [2.05, 4.69) is 24.3 Å². The maximum absolute atomic E-state index is 12.0. The molecule has 1 saturated heterocycles. The van der Waals surface area contributed by atoms with Crippen LogP contribution in [0.2, 0.25) is 0 Å². The van der Waals surface area contributed by atoms with Gasteiger partial charge in [-0.05, 0) is 25.0 Å². The number of aromatic nitrogens is 1. The molecule has 0 bridgehead atoms. The fourth-order valence-electron chi connectivity index (χ4n) is 2.38. The Bertz CT molecular complexity index is 451. The number of carbonyl (C=O) groups is 1. The average molecular weight is 298 g/mol. The number of amides is 1. The Morgan fingerprint density at radius 1 is 1.60 bits per heavy atom. The van der Waals surface area contributed by atoms with Gasteiger partial charge in [-0.1, -0.05) is 19.0 Å². The molecule has 1 unspecified atom stereocenters. The molecule has 1 aromatic rings. The molecule has 0 saturated carbocycles. The van der Waals surface area contributed by atoms with Crippen LogP contribution in [0.4, 0.5) is 0 Å². The van der Waals surface area contributed by atoms with E-state index >= 15 is 0 Å². The van der Waals surface area contributed by atoms with E-state index in [1.54, 1.807) is 11.8 Å². The third-order valence-corrected chi connectivity index (χ3v) is 5.00. The number of nitrogens with one attached hydrogen (secondary N) is 1. The SMILES string of the molecule is CCC(CC)c1cc(CNC(=O)C2(O)CCSC2)on1. The summed E-state index contributed by atoms with van der Waals surface area (Å²) in [5.41, 5.74) is -0.280. The normalized spacial score (nSPS) is 22.4. The summed E-state index contributed by atoms with van der Waals surface area (Å²) in [7, 11) is 0. The van der Waals surface area contributed by atoms with Crippen LogP contribution in [0.15, 0.2) is 10.6 Å². The number of hydrogen-bond donors (Lipinski definition) is 2. The van der Waals surface area contributed by atoms with Crippen molar-refractivity contribution in [3.8, 4) is 0 Å². The van der Waals surface area contributed by atoms with Gasteiger partial charge in [-0.25, -0.2) is 0 Å². The lowest BCUT2D eigenvalue weighted by atomic mass is 9.99. The van der Waals surface area contributed by atoms with Crippen LogP contribution in [0.25, 0.3) is 0 Å². The number of rotatable bonds is 6. The summed E-state index contributed by atoms with van der Waals surface area (Å²) >= 11 is 1.60. The highest BCUT2D eigenvalue weighted by Gasteiger charge is 2.39. The summed E-state index contributed by atoms with van der Waals surface area (Å²) in [6, 6.07) is 1.89. The van der Waals surface area contributed by atoms with Crippen molar-refractivity contribution in [3.63, 3.8) is 0 Å². The zero-order valence-corrected chi connectivity index (χ0v) is 12.8. The Morgan fingerprint density at radius 2 is 2.35 bits per heavy atom.